The maximum atomic E-state index is 12.8. The van der Waals surface area contributed by atoms with Crippen LogP contribution in [0, 0.1) is 27.7 Å². The SMILES string of the molecule is CC(C)c1c(C2=CCC=C2)nc2ccc(C(O)(c3cccnc3)c3cccc(Cl)c3)cc2c1Cl.COc1nc2ccc(C(O)(c3cnnn3C)c3cnc(C)n3C)cc2c(Cl)c1CN1CCN(CC(F)(F)F)CC1.Cc1c(-c2cccnc2)nc2ccc(C(O)(c3cccnc3)c3cccc(Cl)c3)cc2c1Cl.Cc1nc2ccc(C(O)(c3cccnc3)c3cccc(Cl)c3)cc2c(Cl)c1C. The van der Waals surface area contributed by atoms with Gasteiger partial charge in [0.25, 0.3) is 0 Å². The molecule has 1 aliphatic heterocycles. The van der Waals surface area contributed by atoms with Crippen LogP contribution in [-0.2, 0) is 43.0 Å². The Morgan fingerprint density at radius 2 is 0.867 bits per heavy atom. The van der Waals surface area contributed by atoms with Gasteiger partial charge in [-0.15, -0.1) is 5.10 Å². The number of alkyl halides is 3. The maximum absolute atomic E-state index is 12.8. The molecule has 4 unspecified atom stereocenters. The fourth-order valence-electron chi connectivity index (χ4n) is 17.4. The summed E-state index contributed by atoms with van der Waals surface area (Å²) in [7, 11) is 5.02. The van der Waals surface area contributed by atoms with Crippen molar-refractivity contribution in [2.24, 2.45) is 14.1 Å². The predicted octanol–water partition coefficient (Wildman–Crippen LogP) is 23.1. The number of ether oxygens (including phenoxy) is 1. The Hall–Kier alpha value is -12.0. The van der Waals surface area contributed by atoms with Crippen LogP contribution in [0.2, 0.25) is 35.2 Å². The summed E-state index contributed by atoms with van der Waals surface area (Å²) in [5, 5.41) is 63.5. The number of aryl methyl sites for hydroxylation is 3. The van der Waals surface area contributed by atoms with Crippen molar-refractivity contribution in [1.29, 1.82) is 0 Å². The summed E-state index contributed by atoms with van der Waals surface area (Å²) in [5.41, 5.74) is 12.1. The number of aliphatic hydroxyl groups is 4. The summed E-state index contributed by atoms with van der Waals surface area (Å²) in [5.74, 6) is 1.24. The summed E-state index contributed by atoms with van der Waals surface area (Å²) in [6.07, 6.45) is 19.7. The van der Waals surface area contributed by atoms with Gasteiger partial charge in [-0.25, -0.2) is 24.6 Å². The third kappa shape index (κ3) is 19.4. The summed E-state index contributed by atoms with van der Waals surface area (Å²) in [4.78, 5) is 43.8. The first-order chi connectivity index (χ1) is 64.7. The molecule has 0 saturated carbocycles. The topological polar surface area (TPSA) is 248 Å². The first-order valence-corrected chi connectivity index (χ1v) is 45.8. The Morgan fingerprint density at radius 1 is 0.437 bits per heavy atom. The lowest BCUT2D eigenvalue weighted by Gasteiger charge is -2.35. The Morgan fingerprint density at radius 3 is 1.28 bits per heavy atom. The quantitative estimate of drug-likeness (QED) is 0.0587. The van der Waals surface area contributed by atoms with Crippen LogP contribution < -0.4 is 4.74 Å². The van der Waals surface area contributed by atoms with Crippen molar-refractivity contribution in [2.75, 3.05) is 39.8 Å². The third-order valence-electron chi connectivity index (χ3n) is 24.8. The summed E-state index contributed by atoms with van der Waals surface area (Å²) in [6.45, 7) is 12.8. The lowest BCUT2D eigenvalue weighted by atomic mass is 9.80. The fraction of sp³-hybridized carbons (Fsp3) is 0.210. The van der Waals surface area contributed by atoms with E-state index in [-0.39, 0.29) is 5.92 Å². The molecule has 686 valence electrons. The molecule has 20 nitrogen and oxygen atoms in total. The van der Waals surface area contributed by atoms with Crippen LogP contribution in [0.5, 0.6) is 5.88 Å². The lowest BCUT2D eigenvalue weighted by Crippen LogP contribution is -2.48. The van der Waals surface area contributed by atoms with E-state index < -0.39 is 35.1 Å². The number of benzene rings is 7. The highest BCUT2D eigenvalue weighted by Gasteiger charge is 2.43. The molecule has 0 radical (unpaired) electrons. The van der Waals surface area contributed by atoms with Gasteiger partial charge in [-0.1, -0.05) is 197 Å². The first kappa shape index (κ1) is 96.1. The van der Waals surface area contributed by atoms with E-state index in [0.29, 0.717) is 163 Å². The van der Waals surface area contributed by atoms with Crippen LogP contribution in [0.1, 0.15) is 133 Å². The van der Waals surface area contributed by atoms with E-state index in [1.165, 1.54) is 22.9 Å². The number of piperazine rings is 1. The van der Waals surface area contributed by atoms with Crippen LogP contribution in [0.4, 0.5) is 13.2 Å². The van der Waals surface area contributed by atoms with Gasteiger partial charge < -0.3 is 29.7 Å². The number of halogens is 10. The highest BCUT2D eigenvalue weighted by atomic mass is 35.5. The van der Waals surface area contributed by atoms with Gasteiger partial charge in [0.05, 0.1) is 85.3 Å². The molecular weight excluding hydrogens is 1860 g/mol. The van der Waals surface area contributed by atoms with Gasteiger partial charge in [0.1, 0.15) is 28.3 Å². The van der Waals surface area contributed by atoms with Crippen molar-refractivity contribution in [3.8, 4) is 17.1 Å². The zero-order chi connectivity index (χ0) is 95.6. The van der Waals surface area contributed by atoms with Gasteiger partial charge in [-0.05, 0) is 211 Å². The van der Waals surface area contributed by atoms with E-state index in [0.717, 1.165) is 84.0 Å². The molecule has 10 aromatic heterocycles. The van der Waals surface area contributed by atoms with Gasteiger partial charge in [-0.2, -0.15) is 13.2 Å². The average Bonchev–Trinajstić information content (AvgIpc) is 1.73. The molecule has 0 spiro atoms. The maximum Gasteiger partial charge on any atom is 0.401 e. The Labute approximate surface area is 813 Å². The lowest BCUT2D eigenvalue weighted by molar-refractivity contribution is -0.149. The second-order valence-electron chi connectivity index (χ2n) is 33.5. The number of methoxy groups -OCH3 is 1. The molecule has 1 saturated heterocycles. The van der Waals surface area contributed by atoms with Crippen molar-refractivity contribution in [3.05, 3.63) is 416 Å². The number of fused-ring (bicyclic) bond motifs is 4. The minimum atomic E-state index is -4.23. The molecule has 7 aromatic carbocycles. The van der Waals surface area contributed by atoms with Crippen molar-refractivity contribution in [2.45, 2.75) is 89.0 Å². The third-order valence-corrected chi connectivity index (χ3v) is 27.3. The Bertz CT molecular complexity index is 7350. The number of pyridine rings is 8. The van der Waals surface area contributed by atoms with E-state index in [1.54, 1.807) is 134 Å². The van der Waals surface area contributed by atoms with E-state index >= 15 is 0 Å². The monoisotopic (exact) mass is 1940 g/mol. The van der Waals surface area contributed by atoms with Gasteiger partial charge in [0.15, 0.2) is 5.60 Å². The fourth-order valence-corrected chi connectivity index (χ4v) is 19.3. The minimum absolute atomic E-state index is 0.183. The minimum Gasteiger partial charge on any atom is -0.481 e. The van der Waals surface area contributed by atoms with Crippen molar-refractivity contribution >= 4 is 130 Å². The van der Waals surface area contributed by atoms with Gasteiger partial charge in [0, 0.05) is 172 Å². The number of imidazole rings is 1. The molecule has 1 aliphatic carbocycles. The van der Waals surface area contributed by atoms with E-state index in [4.69, 9.17) is 95.9 Å². The molecule has 17 aromatic rings. The van der Waals surface area contributed by atoms with Crippen LogP contribution in [0.25, 0.3) is 60.4 Å². The Balaban J connectivity index is 0.000000132. The van der Waals surface area contributed by atoms with Crippen molar-refractivity contribution < 1.29 is 38.3 Å². The van der Waals surface area contributed by atoms with Crippen LogP contribution in [-0.4, -0.2) is 141 Å². The Kier molecular flexibility index (Phi) is 28.6. The van der Waals surface area contributed by atoms with E-state index in [2.05, 4.69) is 77.3 Å². The second kappa shape index (κ2) is 40.1. The van der Waals surface area contributed by atoms with Crippen molar-refractivity contribution in [3.63, 3.8) is 0 Å². The molecule has 19 rings (SSSR count). The van der Waals surface area contributed by atoms with Crippen LogP contribution >= 0.6 is 81.2 Å². The van der Waals surface area contributed by atoms with Gasteiger partial charge in [0.2, 0.25) is 5.88 Å². The van der Waals surface area contributed by atoms with Crippen LogP contribution in [0.3, 0.4) is 0 Å². The predicted molar refractivity (Wildman–Crippen MR) is 529 cm³/mol. The molecule has 0 bridgehead atoms. The molecule has 4 atom stereocenters. The molecule has 0 amide bonds. The summed E-state index contributed by atoms with van der Waals surface area (Å²) >= 11 is 46.3. The van der Waals surface area contributed by atoms with E-state index in [9.17, 15) is 33.6 Å². The number of hydrogen-bond acceptors (Lipinski definition) is 18. The van der Waals surface area contributed by atoms with Crippen LogP contribution in [0.15, 0.2) is 274 Å². The summed E-state index contributed by atoms with van der Waals surface area (Å²) < 4.78 is 47.3. The van der Waals surface area contributed by atoms with Crippen molar-refractivity contribution in [1.82, 2.24) is 74.2 Å². The highest BCUT2D eigenvalue weighted by Crippen LogP contribution is 2.48. The number of rotatable bonds is 19. The van der Waals surface area contributed by atoms with Gasteiger partial charge in [-0.3, -0.25) is 34.7 Å². The molecule has 30 heteroatoms. The standard InChI is InChI=1S/C29H24Cl2N2O.C27H19Cl2N3O.C26H30ClF3N8O2.C23H18Cl2N2O/c1-18(2)26-27(31)24-16-21(12-13-25(24)33-28(26)19-7-3-4-8-19)29(34,22-10-6-14-32-17-22)20-9-5-11-23(30)15-20;1-17-25(29)23-14-20(9-10-24(23)32-26(17)18-5-3-11-30-15-18)27(33,21-7-4-12-31-16-21)19-6-2-8-22(28)13-19;1-16-31-12-21(35(16)2)26(39,22-13-32-34-36(22)3)17-5-6-20-18(11-17)23(27)19(24(33-20)40-4)14-37-7-9-38(10-8-37)15-25(28,29)30;1-14-15(2)27-21-9-8-17(12-20(21)22(14)25)23(28,18-6-4-10-26-13-18)16-5-3-7-19(24)11-16/h3,5-18,34H,4H2,1-2H3;2-16,33H,1H3;5-6,11-13,39H,7-10,14-15H2,1-4H3;3-13,28H,1-2H3. The highest BCUT2D eigenvalue weighted by molar-refractivity contribution is 6.38. The average molecular weight is 1950 g/mol. The first-order valence-electron chi connectivity index (χ1n) is 43.2. The molecule has 2 aliphatic rings. The van der Waals surface area contributed by atoms with Gasteiger partial charge >= 0.3 is 6.18 Å². The molecule has 4 N–H and O–H groups in total. The largest absolute Gasteiger partial charge is 0.481 e. The number of nitrogens with zero attached hydrogens (tertiary/aromatic N) is 15. The number of aromatic nitrogens is 13. The zero-order valence-corrected chi connectivity index (χ0v) is 80.0. The number of hydrogen-bond donors (Lipinski definition) is 4. The number of allylic oxidation sites excluding steroid dienone is 4. The second-order valence-corrected chi connectivity index (χ2v) is 36.3. The summed E-state index contributed by atoms with van der Waals surface area (Å²) in [6, 6.07) is 58.8. The molecule has 11 heterocycles. The smallest absolute Gasteiger partial charge is 0.401 e. The molecule has 135 heavy (non-hydrogen) atoms. The van der Waals surface area contributed by atoms with E-state index in [1.807, 2.05) is 167 Å². The molecule has 1 fully saturated rings. The molecular formula is C105H91Cl7F3N15O5. The normalized spacial score (nSPS) is 14.8. The zero-order valence-electron chi connectivity index (χ0n) is 74.7.